The van der Waals surface area contributed by atoms with Crippen LogP contribution in [-0.4, -0.2) is 4.57 Å². The molecular weight excluding hydrogens is 390 g/mol. The molecule has 156 valence electrons. The lowest BCUT2D eigenvalue weighted by atomic mass is 10.1. The summed E-state index contributed by atoms with van der Waals surface area (Å²) in [4.78, 5) is 0. The van der Waals surface area contributed by atoms with Crippen molar-refractivity contribution in [3.05, 3.63) is 108 Å². The highest BCUT2D eigenvalue weighted by Crippen LogP contribution is 2.30. The first kappa shape index (κ1) is 20.0. The summed E-state index contributed by atoms with van der Waals surface area (Å²) in [5.41, 5.74) is 7.30. The minimum absolute atomic E-state index is 1.20. The molecule has 0 atom stereocenters. The van der Waals surface area contributed by atoms with E-state index in [0.29, 0.717) is 0 Å². The van der Waals surface area contributed by atoms with E-state index < -0.39 is 0 Å². The molecule has 32 heavy (non-hydrogen) atoms. The highest BCUT2D eigenvalue weighted by Gasteiger charge is 2.08. The van der Waals surface area contributed by atoms with Crippen molar-refractivity contribution in [2.45, 2.75) is 0 Å². The third-order valence-electron chi connectivity index (χ3n) is 6.00. The van der Waals surface area contributed by atoms with Gasteiger partial charge in [0.05, 0.1) is 0 Å². The summed E-state index contributed by atoms with van der Waals surface area (Å²) in [5.74, 6) is 0. The molecule has 0 aliphatic rings. The molecule has 3 aromatic heterocycles. The molecule has 0 aliphatic carbocycles. The van der Waals surface area contributed by atoms with Gasteiger partial charge in [0.25, 0.3) is 0 Å². The van der Waals surface area contributed by atoms with E-state index in [0.717, 1.165) is 0 Å². The zero-order valence-corrected chi connectivity index (χ0v) is 18.7. The fourth-order valence-corrected chi connectivity index (χ4v) is 4.08. The van der Waals surface area contributed by atoms with Crippen LogP contribution in [0.15, 0.2) is 85.5 Å². The van der Waals surface area contributed by atoms with Gasteiger partial charge in [-0.15, -0.1) is 0 Å². The fourth-order valence-electron chi connectivity index (χ4n) is 4.08. The van der Waals surface area contributed by atoms with Crippen LogP contribution in [0.5, 0.6) is 0 Å². The Morgan fingerprint density at radius 1 is 0.531 bits per heavy atom. The second-order valence-corrected chi connectivity index (χ2v) is 8.37. The molecule has 0 bridgehead atoms. The number of nitrogens with zero attached hydrogens (tertiary/aromatic N) is 3. The van der Waals surface area contributed by atoms with Crippen molar-refractivity contribution in [1.29, 1.82) is 0 Å². The van der Waals surface area contributed by atoms with Crippen molar-refractivity contribution in [3.8, 4) is 0 Å². The first-order valence-corrected chi connectivity index (χ1v) is 10.9. The van der Waals surface area contributed by atoms with Gasteiger partial charge in [-0.1, -0.05) is 48.6 Å². The molecule has 3 heterocycles. The van der Waals surface area contributed by atoms with E-state index in [2.05, 4.69) is 121 Å². The Bertz CT molecular complexity index is 1350. The van der Waals surface area contributed by atoms with Crippen molar-refractivity contribution < 1.29 is 9.13 Å². The monoisotopic (exact) mass is 417 g/mol. The molecule has 0 aliphatic heterocycles. The summed E-state index contributed by atoms with van der Waals surface area (Å²) < 4.78 is 6.38. The molecule has 0 N–H and O–H groups in total. The average Bonchev–Trinajstić information content (AvgIpc) is 3.09. The van der Waals surface area contributed by atoms with Crippen LogP contribution in [0.25, 0.3) is 46.1 Å². The molecule has 0 saturated carbocycles. The van der Waals surface area contributed by atoms with Gasteiger partial charge in [0, 0.05) is 53.1 Å². The molecule has 5 rings (SSSR count). The topological polar surface area (TPSA) is 12.7 Å². The van der Waals surface area contributed by atoms with Crippen LogP contribution in [0.1, 0.15) is 22.3 Å². The molecule has 3 nitrogen and oxygen atoms in total. The first-order chi connectivity index (χ1) is 15.6. The lowest BCUT2D eigenvalue weighted by Gasteiger charge is -2.00. The van der Waals surface area contributed by atoms with Crippen LogP contribution in [0.4, 0.5) is 0 Å². The van der Waals surface area contributed by atoms with Gasteiger partial charge in [-0.2, -0.15) is 0 Å². The third-order valence-corrected chi connectivity index (χ3v) is 6.00. The third kappa shape index (κ3) is 3.97. The fraction of sp³-hybridized carbons (Fsp3) is 0.103. The molecule has 3 heteroatoms. The number of benzene rings is 2. The Kier molecular flexibility index (Phi) is 5.16. The number of hydrogen-bond donors (Lipinski definition) is 0. The van der Waals surface area contributed by atoms with Crippen LogP contribution in [0, 0.1) is 0 Å². The Balaban J connectivity index is 1.48. The summed E-state index contributed by atoms with van der Waals surface area (Å²) in [5, 5.41) is 2.58. The predicted octanol–water partition coefficient (Wildman–Crippen LogP) is 5.32. The van der Waals surface area contributed by atoms with Gasteiger partial charge in [-0.05, 0) is 34.4 Å². The Labute approximate surface area is 188 Å². The SMILES string of the molecule is Cn1c2cc(/C=C/c3cc[n+](C)cc3)ccc2c2ccc(/C=C/c3cc[n+](C)cc3)cc21. The van der Waals surface area contributed by atoms with Crippen molar-refractivity contribution in [1.82, 2.24) is 4.57 Å². The zero-order chi connectivity index (χ0) is 22.1. The van der Waals surface area contributed by atoms with Crippen LogP contribution in [0.3, 0.4) is 0 Å². The lowest BCUT2D eigenvalue weighted by molar-refractivity contribution is -0.671. The smallest absolute Gasteiger partial charge is 0.169 e. The maximum absolute atomic E-state index is 2.30. The highest BCUT2D eigenvalue weighted by atomic mass is 14.9. The molecule has 0 amide bonds. The summed E-state index contributed by atoms with van der Waals surface area (Å²) in [6.07, 6.45) is 17.0. The molecule has 0 saturated heterocycles. The van der Waals surface area contributed by atoms with Gasteiger partial charge in [-0.3, -0.25) is 0 Å². The Hall–Kier alpha value is -3.98. The molecule has 0 spiro atoms. The summed E-state index contributed by atoms with van der Waals surface area (Å²) in [6, 6.07) is 21.9. The van der Waals surface area contributed by atoms with Gasteiger partial charge >= 0.3 is 0 Å². The Morgan fingerprint density at radius 3 is 1.31 bits per heavy atom. The quantitative estimate of drug-likeness (QED) is 0.351. The number of aryl methyl sites for hydroxylation is 3. The molecule has 0 fully saturated rings. The Morgan fingerprint density at radius 2 is 0.906 bits per heavy atom. The number of hydrogen-bond acceptors (Lipinski definition) is 0. The van der Waals surface area contributed by atoms with E-state index in [9.17, 15) is 0 Å². The molecule has 5 aromatic rings. The van der Waals surface area contributed by atoms with Crippen LogP contribution in [-0.2, 0) is 21.1 Å². The van der Waals surface area contributed by atoms with Crippen molar-refractivity contribution in [3.63, 3.8) is 0 Å². The van der Waals surface area contributed by atoms with Crippen molar-refractivity contribution >= 4 is 46.1 Å². The van der Waals surface area contributed by atoms with Crippen LogP contribution >= 0.6 is 0 Å². The second-order valence-electron chi connectivity index (χ2n) is 8.37. The average molecular weight is 418 g/mol. The van der Waals surface area contributed by atoms with Crippen molar-refractivity contribution in [2.24, 2.45) is 21.1 Å². The summed E-state index contributed by atoms with van der Waals surface area (Å²) in [6.45, 7) is 0. The lowest BCUT2D eigenvalue weighted by Crippen LogP contribution is -2.25. The van der Waals surface area contributed by atoms with Gasteiger partial charge in [0.15, 0.2) is 24.8 Å². The number of pyridine rings is 2. The van der Waals surface area contributed by atoms with E-state index in [1.54, 1.807) is 0 Å². The second kappa shape index (κ2) is 8.27. The highest BCUT2D eigenvalue weighted by molar-refractivity contribution is 6.09. The largest absolute Gasteiger partial charge is 0.344 e. The maximum atomic E-state index is 2.30. The van der Waals surface area contributed by atoms with E-state index in [1.807, 2.05) is 23.2 Å². The normalized spacial score (nSPS) is 12.0. The maximum Gasteiger partial charge on any atom is 0.169 e. The van der Waals surface area contributed by atoms with Gasteiger partial charge in [0.2, 0.25) is 0 Å². The molecular formula is C29H27N3+2. The summed E-state index contributed by atoms with van der Waals surface area (Å²) >= 11 is 0. The van der Waals surface area contributed by atoms with E-state index in [1.165, 1.54) is 44.1 Å². The van der Waals surface area contributed by atoms with E-state index >= 15 is 0 Å². The molecule has 0 radical (unpaired) electrons. The van der Waals surface area contributed by atoms with Crippen LogP contribution in [0.2, 0.25) is 0 Å². The number of aromatic nitrogens is 3. The minimum atomic E-state index is 1.20. The molecule has 0 unspecified atom stereocenters. The first-order valence-electron chi connectivity index (χ1n) is 10.9. The van der Waals surface area contributed by atoms with Crippen molar-refractivity contribution in [2.75, 3.05) is 0 Å². The van der Waals surface area contributed by atoms with E-state index in [-0.39, 0.29) is 0 Å². The zero-order valence-electron chi connectivity index (χ0n) is 18.7. The number of rotatable bonds is 4. The van der Waals surface area contributed by atoms with Gasteiger partial charge < -0.3 is 4.57 Å². The predicted molar refractivity (Wildman–Crippen MR) is 134 cm³/mol. The van der Waals surface area contributed by atoms with Gasteiger partial charge in [0.1, 0.15) is 14.1 Å². The van der Waals surface area contributed by atoms with Gasteiger partial charge in [-0.25, -0.2) is 9.13 Å². The van der Waals surface area contributed by atoms with E-state index in [4.69, 9.17) is 0 Å². The van der Waals surface area contributed by atoms with Crippen LogP contribution < -0.4 is 9.13 Å². The number of fused-ring (bicyclic) bond motifs is 3. The molecule has 2 aromatic carbocycles. The minimum Gasteiger partial charge on any atom is -0.344 e. The standard InChI is InChI=1S/C29H27N3/c1-30-16-12-22(13-17-30)4-6-24-8-10-26-27-11-9-25(21-29(27)32(3)28(26)20-24)7-5-23-14-18-31(2)19-15-23/h4-21H,1-3H3/q+2. The summed E-state index contributed by atoms with van der Waals surface area (Å²) in [7, 11) is 6.22.